The van der Waals surface area contributed by atoms with E-state index in [9.17, 15) is 26.9 Å². The fourth-order valence-electron chi connectivity index (χ4n) is 3.61. The van der Waals surface area contributed by atoms with Crippen LogP contribution in [-0.4, -0.2) is 55.0 Å². The van der Waals surface area contributed by atoms with Crippen molar-refractivity contribution < 1.29 is 26.9 Å². The summed E-state index contributed by atoms with van der Waals surface area (Å²) in [6.45, 7) is 0.421. The maximum Gasteiger partial charge on any atom is 0.338 e. The molecule has 1 atom stereocenters. The summed E-state index contributed by atoms with van der Waals surface area (Å²) in [5, 5.41) is 9.75. The van der Waals surface area contributed by atoms with Gasteiger partial charge in [-0.3, -0.25) is 8.93 Å². The zero-order valence-electron chi connectivity index (χ0n) is 17.4. The number of hydrogen-bond donors (Lipinski definition) is 2. The van der Waals surface area contributed by atoms with E-state index in [0.29, 0.717) is 18.5 Å². The lowest BCUT2D eigenvalue weighted by molar-refractivity contribution is 0.0696. The van der Waals surface area contributed by atoms with Gasteiger partial charge in [0.2, 0.25) is 0 Å². The maximum absolute atomic E-state index is 13.8. The number of carboxylic acid groups (broad SMARTS) is 1. The number of nitrogens with zero attached hydrogens (tertiary/aromatic N) is 1. The Balaban J connectivity index is 2.02. The van der Waals surface area contributed by atoms with Crippen molar-refractivity contribution in [2.24, 2.45) is 0 Å². The molecule has 1 unspecified atom stereocenters. The van der Waals surface area contributed by atoms with E-state index in [4.69, 9.17) is 0 Å². The number of nitrogens with one attached hydrogen (secondary N) is 1. The number of hydrogen-bond acceptors (Lipinski definition) is 5. The highest BCUT2D eigenvalue weighted by Gasteiger charge is 2.27. The van der Waals surface area contributed by atoms with Gasteiger partial charge in [-0.05, 0) is 75.2 Å². The van der Waals surface area contributed by atoms with Crippen LogP contribution in [0.1, 0.15) is 34.3 Å². The van der Waals surface area contributed by atoms with Crippen LogP contribution in [0.5, 0.6) is 0 Å². The van der Waals surface area contributed by atoms with Crippen LogP contribution in [0, 0.1) is 5.82 Å². The minimum absolute atomic E-state index is 0.0532. The lowest BCUT2D eigenvalue weighted by atomic mass is 9.87. The number of rotatable bonds is 8. The molecule has 0 saturated heterocycles. The van der Waals surface area contributed by atoms with Gasteiger partial charge in [0.05, 0.1) is 26.9 Å². The molecule has 2 aromatic rings. The van der Waals surface area contributed by atoms with E-state index in [1.54, 1.807) is 25.1 Å². The topological polar surface area (TPSA) is 104 Å². The maximum atomic E-state index is 13.8. The summed E-state index contributed by atoms with van der Waals surface area (Å²) in [6.07, 6.45) is 3.09. The Bertz CT molecular complexity index is 1130. The molecule has 0 radical (unpaired) electrons. The predicted octanol–water partition coefficient (Wildman–Crippen LogP) is 2.87. The Morgan fingerprint density at radius 2 is 1.90 bits per heavy atom. The number of aryl methyl sites for hydroxylation is 1. The van der Waals surface area contributed by atoms with E-state index in [-0.39, 0.29) is 26.8 Å². The zero-order chi connectivity index (χ0) is 22.8. The first-order valence-corrected chi connectivity index (χ1v) is 12.6. The van der Waals surface area contributed by atoms with Crippen molar-refractivity contribution in [2.45, 2.75) is 35.5 Å². The van der Waals surface area contributed by atoms with Gasteiger partial charge in [0, 0.05) is 12.3 Å². The van der Waals surface area contributed by atoms with Gasteiger partial charge in [-0.1, -0.05) is 6.07 Å². The monoisotopic (exact) mass is 468 g/mol. The first-order chi connectivity index (χ1) is 14.6. The molecule has 2 N–H and O–H groups in total. The predicted molar refractivity (Wildman–Crippen MR) is 117 cm³/mol. The summed E-state index contributed by atoms with van der Waals surface area (Å²) in [6, 6.07) is 6.16. The lowest BCUT2D eigenvalue weighted by Gasteiger charge is -2.21. The van der Waals surface area contributed by atoms with Crippen LogP contribution in [0.2, 0.25) is 0 Å². The van der Waals surface area contributed by atoms with Gasteiger partial charge in [0.15, 0.2) is 0 Å². The number of fused-ring (bicyclic) bond motifs is 1. The molecule has 0 fully saturated rings. The first-order valence-electron chi connectivity index (χ1n) is 9.83. The average molecular weight is 469 g/mol. The van der Waals surface area contributed by atoms with Crippen LogP contribution >= 0.6 is 0 Å². The van der Waals surface area contributed by atoms with Crippen molar-refractivity contribution in [1.29, 1.82) is 0 Å². The molecule has 7 nitrogen and oxygen atoms in total. The quantitative estimate of drug-likeness (QED) is 0.618. The van der Waals surface area contributed by atoms with Gasteiger partial charge in [0.1, 0.15) is 10.7 Å². The van der Waals surface area contributed by atoms with E-state index in [1.807, 2.05) is 0 Å². The molecule has 0 aromatic heterocycles. The van der Waals surface area contributed by atoms with Gasteiger partial charge in [-0.15, -0.1) is 0 Å². The SMILES string of the molecule is CN(C)CCS(=O)c1cc(F)ccc1S(=O)(=O)Nc1ccc2c(c1C(=O)O)CCCC2. The second-order valence-electron chi connectivity index (χ2n) is 7.69. The van der Waals surface area contributed by atoms with Crippen molar-refractivity contribution in [3.8, 4) is 0 Å². The Labute approximate surface area is 183 Å². The number of carboxylic acids is 1. The van der Waals surface area contributed by atoms with Crippen LogP contribution in [0.15, 0.2) is 40.1 Å². The molecule has 168 valence electrons. The molecule has 0 amide bonds. The van der Waals surface area contributed by atoms with Gasteiger partial charge in [-0.2, -0.15) is 0 Å². The minimum Gasteiger partial charge on any atom is -0.478 e. The third kappa shape index (κ3) is 5.31. The van der Waals surface area contributed by atoms with Gasteiger partial charge in [0.25, 0.3) is 10.0 Å². The third-order valence-corrected chi connectivity index (χ3v) is 8.09. The van der Waals surface area contributed by atoms with E-state index < -0.39 is 32.6 Å². The van der Waals surface area contributed by atoms with Crippen molar-refractivity contribution >= 4 is 32.5 Å². The number of sulfonamides is 1. The Kier molecular flexibility index (Phi) is 7.13. The third-order valence-electron chi connectivity index (χ3n) is 5.16. The van der Waals surface area contributed by atoms with Gasteiger partial charge >= 0.3 is 5.97 Å². The molecule has 1 aliphatic rings. The molecule has 0 bridgehead atoms. The Morgan fingerprint density at radius 3 is 2.58 bits per heavy atom. The second-order valence-corrected chi connectivity index (χ2v) is 10.9. The molecular weight excluding hydrogens is 443 g/mol. The van der Waals surface area contributed by atoms with Crippen molar-refractivity contribution in [1.82, 2.24) is 4.90 Å². The summed E-state index contributed by atoms with van der Waals surface area (Å²) in [4.78, 5) is 13.3. The Morgan fingerprint density at radius 1 is 1.19 bits per heavy atom. The highest BCUT2D eigenvalue weighted by molar-refractivity contribution is 7.93. The number of carbonyl (C=O) groups is 1. The largest absolute Gasteiger partial charge is 0.478 e. The second kappa shape index (κ2) is 9.46. The molecule has 31 heavy (non-hydrogen) atoms. The molecule has 0 aliphatic heterocycles. The standard InChI is InChI=1S/C21H25FN2O5S2/c1-24(2)11-12-30(27)18-13-15(22)8-10-19(18)31(28,29)23-17-9-7-14-5-3-4-6-16(14)20(17)21(25)26/h7-10,13,23H,3-6,11-12H2,1-2H3,(H,25,26). The molecule has 2 aromatic carbocycles. The van der Waals surface area contributed by atoms with Crippen molar-refractivity contribution in [2.75, 3.05) is 31.1 Å². The molecule has 1 aliphatic carbocycles. The van der Waals surface area contributed by atoms with Crippen LogP contribution in [0.4, 0.5) is 10.1 Å². The summed E-state index contributed by atoms with van der Waals surface area (Å²) >= 11 is 0. The highest BCUT2D eigenvalue weighted by atomic mass is 32.2. The molecule has 10 heteroatoms. The average Bonchev–Trinajstić information content (AvgIpc) is 2.70. The number of halogens is 1. The Hall–Kier alpha value is -2.30. The summed E-state index contributed by atoms with van der Waals surface area (Å²) in [5.41, 5.74) is 1.41. The smallest absolute Gasteiger partial charge is 0.338 e. The zero-order valence-corrected chi connectivity index (χ0v) is 19.0. The van der Waals surface area contributed by atoms with Crippen LogP contribution in [0.25, 0.3) is 0 Å². The van der Waals surface area contributed by atoms with Crippen molar-refractivity contribution in [3.63, 3.8) is 0 Å². The molecular formula is C21H25FN2O5S2. The van der Waals surface area contributed by atoms with Crippen molar-refractivity contribution in [3.05, 3.63) is 52.8 Å². The minimum atomic E-state index is -4.31. The van der Waals surface area contributed by atoms with Gasteiger partial charge in [-0.25, -0.2) is 17.6 Å². The van der Waals surface area contributed by atoms with E-state index in [2.05, 4.69) is 4.72 Å². The van der Waals surface area contributed by atoms with E-state index in [1.165, 1.54) is 6.07 Å². The summed E-state index contributed by atoms with van der Waals surface area (Å²) in [7, 11) is -2.51. The van der Waals surface area contributed by atoms with E-state index >= 15 is 0 Å². The van der Waals surface area contributed by atoms with Crippen LogP contribution in [0.3, 0.4) is 0 Å². The van der Waals surface area contributed by atoms with Crippen LogP contribution in [-0.2, 0) is 33.7 Å². The van der Waals surface area contributed by atoms with Gasteiger partial charge < -0.3 is 10.0 Å². The number of anilines is 1. The normalized spacial score (nSPS) is 14.8. The lowest BCUT2D eigenvalue weighted by Crippen LogP contribution is -2.22. The fraction of sp³-hybridized carbons (Fsp3) is 0.381. The number of benzene rings is 2. The molecule has 0 heterocycles. The van der Waals surface area contributed by atoms with Crippen LogP contribution < -0.4 is 4.72 Å². The summed E-state index contributed by atoms with van der Waals surface area (Å²) < 4.78 is 55.2. The molecule has 3 rings (SSSR count). The summed E-state index contributed by atoms with van der Waals surface area (Å²) in [5.74, 6) is -1.80. The molecule has 0 spiro atoms. The van der Waals surface area contributed by atoms with E-state index in [0.717, 1.165) is 43.0 Å². The number of aromatic carboxylic acids is 1. The first kappa shape index (κ1) is 23.4. The highest BCUT2D eigenvalue weighted by Crippen LogP contribution is 2.32. The fourth-order valence-corrected chi connectivity index (χ4v) is 6.65. The molecule has 0 saturated carbocycles.